The van der Waals surface area contributed by atoms with Crippen LogP contribution in [0.15, 0.2) is 176 Å². The Labute approximate surface area is 304 Å². The summed E-state index contributed by atoms with van der Waals surface area (Å²) in [6.45, 7) is 4.97. The number of fused-ring (bicyclic) bond motifs is 12. The number of nitrogens with zero attached hydrogens (tertiary/aromatic N) is 1. The van der Waals surface area contributed by atoms with Gasteiger partial charge in [0.15, 0.2) is 0 Å². The minimum absolute atomic E-state index is 1.22. The van der Waals surface area contributed by atoms with Crippen LogP contribution in [0.1, 0.15) is 0 Å². The smallest absolute Gasteiger partial charge is 0.113 e. The number of rotatable bonds is 3. The van der Waals surface area contributed by atoms with Gasteiger partial charge in [0.2, 0.25) is 0 Å². The lowest BCUT2D eigenvalue weighted by molar-refractivity contribution is 1.18. The largest absolute Gasteiger partial charge is 0.309 e. The molecule has 0 N–H and O–H groups in total. The van der Waals surface area contributed by atoms with Crippen LogP contribution in [0.4, 0.5) is 0 Å². The van der Waals surface area contributed by atoms with Crippen molar-refractivity contribution >= 4 is 72.6 Å². The molecule has 9 aromatic carbocycles. The van der Waals surface area contributed by atoms with Crippen molar-refractivity contribution in [3.05, 3.63) is 176 Å². The molecule has 1 aromatic heterocycles. The van der Waals surface area contributed by atoms with Gasteiger partial charge in [0.25, 0.3) is 0 Å². The second kappa shape index (κ2) is 10.9. The molecule has 0 bridgehead atoms. The summed E-state index contributed by atoms with van der Waals surface area (Å²) in [5.41, 5.74) is 11.4. The Morgan fingerprint density at radius 3 is 1.58 bits per heavy atom. The molecule has 2 heterocycles. The molecule has 244 valence electrons. The van der Waals surface area contributed by atoms with Crippen LogP contribution in [0.25, 0.3) is 93.2 Å². The van der Waals surface area contributed by atoms with Crippen molar-refractivity contribution in [3.8, 4) is 39.1 Å². The molecular formula is C50H35NSi. The van der Waals surface area contributed by atoms with Crippen LogP contribution < -0.4 is 10.4 Å². The van der Waals surface area contributed by atoms with Gasteiger partial charge in [0.1, 0.15) is 8.07 Å². The Balaban J connectivity index is 1.07. The summed E-state index contributed by atoms with van der Waals surface area (Å²) >= 11 is 0. The molecule has 52 heavy (non-hydrogen) atoms. The molecule has 0 saturated carbocycles. The van der Waals surface area contributed by atoms with Crippen molar-refractivity contribution in [2.75, 3.05) is 0 Å². The Morgan fingerprint density at radius 2 is 0.846 bits per heavy atom. The molecule has 1 nitrogen and oxygen atoms in total. The van der Waals surface area contributed by atoms with Gasteiger partial charge < -0.3 is 4.57 Å². The minimum Gasteiger partial charge on any atom is -0.309 e. The molecule has 0 radical (unpaired) electrons. The van der Waals surface area contributed by atoms with Gasteiger partial charge in [-0.25, -0.2) is 0 Å². The third-order valence-corrected chi connectivity index (χ3v) is 15.3. The second-order valence-electron chi connectivity index (χ2n) is 14.9. The highest BCUT2D eigenvalue weighted by atomic mass is 28.3. The second-order valence-corrected chi connectivity index (χ2v) is 19.2. The van der Waals surface area contributed by atoms with E-state index in [2.05, 4.69) is 194 Å². The molecule has 0 atom stereocenters. The van der Waals surface area contributed by atoms with E-state index >= 15 is 0 Å². The van der Waals surface area contributed by atoms with Gasteiger partial charge in [-0.3, -0.25) is 0 Å². The van der Waals surface area contributed by atoms with Crippen molar-refractivity contribution in [1.29, 1.82) is 0 Å². The molecule has 1 aliphatic rings. The summed E-state index contributed by atoms with van der Waals surface area (Å²) < 4.78 is 2.48. The van der Waals surface area contributed by atoms with E-state index in [4.69, 9.17) is 0 Å². The lowest BCUT2D eigenvalue weighted by atomic mass is 9.91. The first kappa shape index (κ1) is 29.5. The molecule has 0 aliphatic carbocycles. The lowest BCUT2D eigenvalue weighted by Crippen LogP contribution is -2.49. The van der Waals surface area contributed by atoms with E-state index in [-0.39, 0.29) is 0 Å². The van der Waals surface area contributed by atoms with E-state index in [1.165, 1.54) is 98.4 Å². The highest BCUT2D eigenvalue weighted by Gasteiger charge is 2.37. The third kappa shape index (κ3) is 4.16. The highest BCUT2D eigenvalue weighted by Crippen LogP contribution is 2.40. The maximum absolute atomic E-state index is 2.49. The maximum atomic E-state index is 2.49. The summed E-state index contributed by atoms with van der Waals surface area (Å²) in [4.78, 5) is 0. The average molecular weight is 678 g/mol. The van der Waals surface area contributed by atoms with Crippen LogP contribution in [-0.4, -0.2) is 12.6 Å². The zero-order valence-corrected chi connectivity index (χ0v) is 30.2. The molecule has 0 saturated heterocycles. The van der Waals surface area contributed by atoms with E-state index in [0.717, 1.165) is 0 Å². The van der Waals surface area contributed by atoms with Crippen molar-refractivity contribution in [2.45, 2.75) is 13.1 Å². The predicted octanol–water partition coefficient (Wildman–Crippen LogP) is 12.4. The number of hydrogen-bond donors (Lipinski definition) is 0. The van der Waals surface area contributed by atoms with Crippen molar-refractivity contribution in [3.63, 3.8) is 0 Å². The Bertz CT molecular complexity index is 3070. The van der Waals surface area contributed by atoms with Gasteiger partial charge in [-0.2, -0.15) is 0 Å². The minimum atomic E-state index is -1.73. The van der Waals surface area contributed by atoms with Crippen molar-refractivity contribution in [2.24, 2.45) is 0 Å². The zero-order chi connectivity index (χ0) is 34.6. The van der Waals surface area contributed by atoms with Gasteiger partial charge in [0, 0.05) is 16.5 Å². The number of hydrogen-bond acceptors (Lipinski definition) is 0. The number of benzene rings is 9. The third-order valence-electron chi connectivity index (χ3n) is 11.8. The van der Waals surface area contributed by atoms with Gasteiger partial charge >= 0.3 is 0 Å². The fourth-order valence-corrected chi connectivity index (χ4v) is 12.3. The summed E-state index contributed by atoms with van der Waals surface area (Å²) in [5.74, 6) is 0. The predicted molar refractivity (Wildman–Crippen MR) is 226 cm³/mol. The van der Waals surface area contributed by atoms with Crippen LogP contribution in [-0.2, 0) is 0 Å². The molecular weight excluding hydrogens is 643 g/mol. The van der Waals surface area contributed by atoms with Gasteiger partial charge in [-0.1, -0.05) is 153 Å². The molecule has 10 aromatic rings. The average Bonchev–Trinajstić information content (AvgIpc) is 3.65. The first-order valence-electron chi connectivity index (χ1n) is 18.3. The molecule has 0 fully saturated rings. The van der Waals surface area contributed by atoms with Crippen LogP contribution in [0.3, 0.4) is 0 Å². The van der Waals surface area contributed by atoms with Crippen molar-refractivity contribution in [1.82, 2.24) is 4.57 Å². The fourth-order valence-electron chi connectivity index (χ4n) is 9.24. The Kier molecular flexibility index (Phi) is 6.18. The van der Waals surface area contributed by atoms with Crippen LogP contribution >= 0.6 is 0 Å². The van der Waals surface area contributed by atoms with E-state index in [1.807, 2.05) is 0 Å². The molecule has 0 unspecified atom stereocenters. The number of aromatic nitrogens is 1. The van der Waals surface area contributed by atoms with Crippen LogP contribution in [0.2, 0.25) is 13.1 Å². The van der Waals surface area contributed by atoms with Gasteiger partial charge in [-0.05, 0) is 112 Å². The summed E-state index contributed by atoms with van der Waals surface area (Å²) in [5, 5.41) is 13.4. The Morgan fingerprint density at radius 1 is 0.327 bits per heavy atom. The first-order valence-corrected chi connectivity index (χ1v) is 21.3. The highest BCUT2D eigenvalue weighted by molar-refractivity contribution is 7.03. The van der Waals surface area contributed by atoms with Crippen molar-refractivity contribution < 1.29 is 0 Å². The summed E-state index contributed by atoms with van der Waals surface area (Å²) in [6.07, 6.45) is 0. The van der Waals surface area contributed by atoms with Gasteiger partial charge in [-0.15, -0.1) is 0 Å². The first-order chi connectivity index (χ1) is 25.5. The van der Waals surface area contributed by atoms with Crippen LogP contribution in [0, 0.1) is 0 Å². The SMILES string of the molecule is C[Si]1(C)c2ccccc2-c2cc(-n3c4ccccc4c4ccc(-c5cccc(-c6ccc7c8ccccc8c8ccccc8c7c6)c5)cc43)ccc21. The fraction of sp³-hybridized carbons (Fsp3) is 0.0400. The van der Waals surface area contributed by atoms with E-state index in [1.54, 1.807) is 5.19 Å². The van der Waals surface area contributed by atoms with E-state index in [9.17, 15) is 0 Å². The number of para-hydroxylation sites is 1. The van der Waals surface area contributed by atoms with E-state index < -0.39 is 8.07 Å². The van der Waals surface area contributed by atoms with Gasteiger partial charge in [0.05, 0.1) is 11.0 Å². The summed E-state index contributed by atoms with van der Waals surface area (Å²) in [6, 6.07) is 65.8. The molecule has 11 rings (SSSR count). The maximum Gasteiger partial charge on any atom is 0.113 e. The standard InChI is InChI=1S/C50H35NSi/c1-52(2)49-21-10-8-19-44(49)46-31-36(24-27-50(46)52)51-47-20-9-7-18-42(47)43-26-23-35(30-48(43)51)33-13-11-12-32(28-33)34-22-25-41-39-16-4-3-14-37(39)38-15-5-6-17-40(38)45(41)29-34/h3-31H,1-2H3. The molecule has 2 heteroatoms. The normalized spacial score (nSPS) is 13.3. The van der Waals surface area contributed by atoms with E-state index in [0.29, 0.717) is 0 Å². The monoisotopic (exact) mass is 677 g/mol. The quantitative estimate of drug-likeness (QED) is 0.130. The molecule has 0 spiro atoms. The molecule has 0 amide bonds. The topological polar surface area (TPSA) is 4.93 Å². The summed E-state index contributed by atoms with van der Waals surface area (Å²) in [7, 11) is -1.73. The molecule has 1 aliphatic heterocycles. The van der Waals surface area contributed by atoms with Crippen LogP contribution in [0.5, 0.6) is 0 Å². The zero-order valence-electron chi connectivity index (χ0n) is 29.2. The lowest BCUT2D eigenvalue weighted by Gasteiger charge is -2.19. The Hall–Kier alpha value is -6.22.